The number of carbonyl (C=O) groups is 1. The van der Waals surface area contributed by atoms with E-state index in [2.05, 4.69) is 25.6 Å². The van der Waals surface area contributed by atoms with Gasteiger partial charge in [0.1, 0.15) is 11.6 Å². The number of hydrogen-bond acceptors (Lipinski definition) is 6. The Labute approximate surface area is 248 Å². The van der Waals surface area contributed by atoms with Crippen molar-refractivity contribution in [2.45, 2.75) is 25.9 Å². The Kier molecular flexibility index (Phi) is 8.94. The molecule has 0 fully saturated rings. The molecule has 2 heterocycles. The van der Waals surface area contributed by atoms with Crippen molar-refractivity contribution in [1.29, 1.82) is 0 Å². The minimum absolute atomic E-state index is 0.287. The van der Waals surface area contributed by atoms with Gasteiger partial charge in [-0.15, -0.1) is 0 Å². The normalized spacial score (nSPS) is 11.7. The zero-order chi connectivity index (χ0) is 28.8. The second-order valence-electron chi connectivity index (χ2n) is 9.63. The number of rotatable bonds is 10. The summed E-state index contributed by atoms with van der Waals surface area (Å²) in [5.74, 6) is 1.55. The van der Waals surface area contributed by atoms with Crippen molar-refractivity contribution in [3.05, 3.63) is 130 Å². The third-order valence-corrected chi connectivity index (χ3v) is 6.89. The van der Waals surface area contributed by atoms with Crippen molar-refractivity contribution in [2.75, 3.05) is 17.2 Å². The first-order valence-corrected chi connectivity index (χ1v) is 13.8. The molecule has 0 spiro atoms. The van der Waals surface area contributed by atoms with Crippen LogP contribution in [-0.4, -0.2) is 43.2 Å². The summed E-state index contributed by atoms with van der Waals surface area (Å²) in [4.78, 5) is 26.5. The fourth-order valence-electron chi connectivity index (χ4n) is 4.32. The maximum Gasteiger partial charge on any atom is 0.257 e. The van der Waals surface area contributed by atoms with Crippen LogP contribution in [0, 0.1) is 0 Å². The van der Waals surface area contributed by atoms with E-state index in [9.17, 15) is 9.90 Å². The van der Waals surface area contributed by atoms with Gasteiger partial charge in [-0.25, -0.2) is 9.97 Å². The number of aliphatic hydroxyl groups excluding tert-OH is 1. The first-order chi connectivity index (χ1) is 19.8. The largest absolute Gasteiger partial charge is 0.392 e. The molecule has 0 aliphatic rings. The molecule has 1 unspecified atom stereocenters. The predicted octanol–water partition coefficient (Wildman–Crippen LogP) is 6.20. The average molecular weight is 588 g/mol. The van der Waals surface area contributed by atoms with E-state index in [1.54, 1.807) is 31.5 Å². The number of hydrogen-bond donors (Lipinski definition) is 3. The van der Waals surface area contributed by atoms with Gasteiger partial charge in [0.25, 0.3) is 5.91 Å². The van der Waals surface area contributed by atoms with Crippen molar-refractivity contribution in [3.63, 3.8) is 0 Å². The highest BCUT2D eigenvalue weighted by atomic mass is 35.5. The number of aromatic nitrogens is 4. The Morgan fingerprint density at radius 3 is 2.51 bits per heavy atom. The highest BCUT2D eigenvalue weighted by Gasteiger charge is 2.14. The number of aliphatic hydroxyl groups is 1. The van der Waals surface area contributed by atoms with E-state index >= 15 is 0 Å². The first-order valence-electron chi connectivity index (χ1n) is 13.0. The lowest BCUT2D eigenvalue weighted by atomic mass is 10.0. The van der Waals surface area contributed by atoms with Crippen molar-refractivity contribution in [3.8, 4) is 5.82 Å². The molecule has 0 aliphatic carbocycles. The van der Waals surface area contributed by atoms with E-state index in [-0.39, 0.29) is 5.91 Å². The van der Waals surface area contributed by atoms with E-state index < -0.39 is 6.10 Å². The van der Waals surface area contributed by atoms with E-state index in [4.69, 9.17) is 23.2 Å². The lowest BCUT2D eigenvalue weighted by Gasteiger charge is -2.12. The zero-order valence-corrected chi connectivity index (χ0v) is 23.8. The minimum Gasteiger partial charge on any atom is -0.392 e. The van der Waals surface area contributed by atoms with E-state index in [0.717, 1.165) is 22.5 Å². The third-order valence-electron chi connectivity index (χ3n) is 6.30. The van der Waals surface area contributed by atoms with Crippen LogP contribution >= 0.6 is 23.2 Å². The third kappa shape index (κ3) is 7.49. The van der Waals surface area contributed by atoms with Crippen molar-refractivity contribution < 1.29 is 9.90 Å². The Balaban J connectivity index is 1.29. The monoisotopic (exact) mass is 586 g/mol. The Morgan fingerprint density at radius 1 is 0.927 bits per heavy atom. The number of nitrogens with zero attached hydrogens (tertiary/aromatic N) is 4. The highest BCUT2D eigenvalue weighted by Crippen LogP contribution is 2.23. The smallest absolute Gasteiger partial charge is 0.257 e. The summed E-state index contributed by atoms with van der Waals surface area (Å²) in [6.45, 7) is 2.03. The molecule has 208 valence electrons. The Morgan fingerprint density at radius 2 is 1.71 bits per heavy atom. The van der Waals surface area contributed by atoms with Crippen LogP contribution in [0.4, 0.5) is 11.6 Å². The standard InChI is InChI=1S/C31H28Cl2N6O2/c1-20(40)19-36-31-35-12-11-28(38-31)39-14-13-34-29(39)18-22-3-2-4-25(16-22)37-30(41)26-17-23(7-10-27(26)33)15-21-5-8-24(32)9-6-21/h2-14,16-17,20,40H,15,18-19H2,1H3,(H,37,41)(H,35,36,38). The minimum atomic E-state index is -0.520. The van der Waals surface area contributed by atoms with Crippen LogP contribution in [-0.2, 0) is 12.8 Å². The molecule has 5 aromatic rings. The molecular formula is C31H28Cl2N6O2. The molecule has 8 nitrogen and oxygen atoms in total. The van der Waals surface area contributed by atoms with Gasteiger partial charge in [0.05, 0.1) is 16.7 Å². The molecule has 1 amide bonds. The molecule has 0 saturated carbocycles. The van der Waals surface area contributed by atoms with Crippen LogP contribution < -0.4 is 10.6 Å². The second-order valence-corrected chi connectivity index (χ2v) is 10.5. The van der Waals surface area contributed by atoms with E-state index in [1.807, 2.05) is 71.4 Å². The summed E-state index contributed by atoms with van der Waals surface area (Å²) in [6, 6.07) is 22.5. The Bertz CT molecular complexity index is 1650. The molecule has 41 heavy (non-hydrogen) atoms. The van der Waals surface area contributed by atoms with Crippen LogP contribution in [0.1, 0.15) is 39.8 Å². The molecule has 0 radical (unpaired) electrons. The van der Waals surface area contributed by atoms with Crippen LogP contribution in [0.25, 0.3) is 5.82 Å². The summed E-state index contributed by atoms with van der Waals surface area (Å²) in [5, 5.41) is 16.6. The summed E-state index contributed by atoms with van der Waals surface area (Å²) in [6.07, 6.45) is 5.84. The number of halogens is 2. The van der Waals surface area contributed by atoms with Crippen LogP contribution in [0.15, 0.2) is 91.4 Å². The molecule has 0 saturated heterocycles. The van der Waals surface area contributed by atoms with Gasteiger partial charge in [0, 0.05) is 42.3 Å². The topological polar surface area (TPSA) is 105 Å². The van der Waals surface area contributed by atoms with Gasteiger partial charge in [-0.05, 0) is 72.5 Å². The summed E-state index contributed by atoms with van der Waals surface area (Å²) < 4.78 is 1.88. The van der Waals surface area contributed by atoms with Crippen LogP contribution in [0.5, 0.6) is 0 Å². The number of carbonyl (C=O) groups excluding carboxylic acids is 1. The van der Waals surface area contributed by atoms with Gasteiger partial charge in [0.15, 0.2) is 0 Å². The molecule has 3 N–H and O–H groups in total. The van der Waals surface area contributed by atoms with Gasteiger partial charge in [-0.1, -0.05) is 53.5 Å². The lowest BCUT2D eigenvalue weighted by molar-refractivity contribution is 0.102. The van der Waals surface area contributed by atoms with Crippen molar-refractivity contribution >= 4 is 40.7 Å². The predicted molar refractivity (Wildman–Crippen MR) is 162 cm³/mol. The number of nitrogens with one attached hydrogen (secondary N) is 2. The zero-order valence-electron chi connectivity index (χ0n) is 22.3. The first kappa shape index (κ1) is 28.3. The molecule has 1 atom stereocenters. The molecule has 5 rings (SSSR count). The second kappa shape index (κ2) is 13.0. The number of anilines is 2. The highest BCUT2D eigenvalue weighted by molar-refractivity contribution is 6.34. The summed E-state index contributed by atoms with van der Waals surface area (Å²) in [5.41, 5.74) is 4.07. The average Bonchev–Trinajstić information content (AvgIpc) is 3.42. The van der Waals surface area contributed by atoms with Crippen molar-refractivity contribution in [1.82, 2.24) is 19.5 Å². The maximum atomic E-state index is 13.2. The number of amides is 1. The molecule has 10 heteroatoms. The summed E-state index contributed by atoms with van der Waals surface area (Å²) in [7, 11) is 0. The van der Waals surface area contributed by atoms with E-state index in [1.165, 1.54) is 0 Å². The maximum absolute atomic E-state index is 13.2. The fourth-order valence-corrected chi connectivity index (χ4v) is 4.64. The number of imidazole rings is 1. The summed E-state index contributed by atoms with van der Waals surface area (Å²) >= 11 is 12.4. The number of benzene rings is 3. The molecular weight excluding hydrogens is 559 g/mol. The van der Waals surface area contributed by atoms with Crippen LogP contribution in [0.3, 0.4) is 0 Å². The molecule has 2 aromatic heterocycles. The van der Waals surface area contributed by atoms with Gasteiger partial charge in [-0.2, -0.15) is 4.98 Å². The van der Waals surface area contributed by atoms with Gasteiger partial charge < -0.3 is 15.7 Å². The quantitative estimate of drug-likeness (QED) is 0.180. The van der Waals surface area contributed by atoms with Gasteiger partial charge in [-0.3, -0.25) is 9.36 Å². The fraction of sp³-hybridized carbons (Fsp3) is 0.161. The van der Waals surface area contributed by atoms with Crippen LogP contribution in [0.2, 0.25) is 10.0 Å². The van der Waals surface area contributed by atoms with Crippen molar-refractivity contribution in [2.24, 2.45) is 0 Å². The molecule has 0 bridgehead atoms. The SMILES string of the molecule is CC(O)CNc1nccc(-n2ccnc2Cc2cccc(NC(=O)c3cc(Cc4ccc(Cl)cc4)ccc3Cl)c2)n1. The van der Waals surface area contributed by atoms with Gasteiger partial charge >= 0.3 is 0 Å². The lowest BCUT2D eigenvalue weighted by Crippen LogP contribution is -2.17. The Hall–Kier alpha value is -4.24. The van der Waals surface area contributed by atoms with Gasteiger partial charge in [0.2, 0.25) is 5.95 Å². The molecule has 3 aromatic carbocycles. The van der Waals surface area contributed by atoms with E-state index in [0.29, 0.717) is 52.4 Å². The molecule has 0 aliphatic heterocycles.